The maximum Gasteiger partial charge on any atom is 0.248 e. The number of hydrogen-bond donors (Lipinski definition) is 1. The molecule has 0 saturated heterocycles. The van der Waals surface area contributed by atoms with E-state index in [2.05, 4.69) is 0 Å². The van der Waals surface area contributed by atoms with Gasteiger partial charge in [-0.3, -0.25) is 4.79 Å². The Balaban J connectivity index is 2.14. The molecule has 0 aliphatic heterocycles. The minimum Gasteiger partial charge on any atom is -0.489 e. The Kier molecular flexibility index (Phi) is 6.00. The van der Waals surface area contributed by atoms with Crippen LogP contribution in [0.4, 0.5) is 0 Å². The number of benzene rings is 2. The Hall–Kier alpha value is -2.53. The molecule has 1 atom stereocenters. The van der Waals surface area contributed by atoms with Crippen LogP contribution >= 0.6 is 0 Å². The third kappa shape index (κ3) is 5.30. The fourth-order valence-corrected chi connectivity index (χ4v) is 2.11. The first-order valence-electron chi connectivity index (χ1n) is 7.35. The zero-order chi connectivity index (χ0) is 16.7. The average Bonchev–Trinajstić information content (AvgIpc) is 2.54. The zero-order valence-corrected chi connectivity index (χ0v) is 13.3. The highest BCUT2D eigenvalue weighted by atomic mass is 16.5. The number of rotatable bonds is 8. The van der Waals surface area contributed by atoms with Crippen molar-refractivity contribution in [3.63, 3.8) is 0 Å². The number of methoxy groups -OCH3 is 1. The van der Waals surface area contributed by atoms with E-state index in [1.807, 2.05) is 37.3 Å². The molecule has 0 aromatic heterocycles. The topological polar surface area (TPSA) is 70.8 Å². The highest BCUT2D eigenvalue weighted by Gasteiger charge is 2.10. The summed E-state index contributed by atoms with van der Waals surface area (Å²) in [6.45, 7) is 2.72. The molecule has 0 aliphatic carbocycles. The van der Waals surface area contributed by atoms with Crippen LogP contribution in [-0.2, 0) is 11.3 Å². The molecule has 0 fully saturated rings. The predicted octanol–water partition coefficient (Wildman–Crippen LogP) is 2.78. The van der Waals surface area contributed by atoms with Crippen molar-refractivity contribution in [3.8, 4) is 11.5 Å². The minimum absolute atomic E-state index is 0.148. The molecule has 5 heteroatoms. The van der Waals surface area contributed by atoms with Crippen LogP contribution in [0.25, 0.3) is 0 Å². The number of ether oxygens (including phenoxy) is 3. The summed E-state index contributed by atoms with van der Waals surface area (Å²) >= 11 is 0. The molecule has 0 aliphatic rings. The van der Waals surface area contributed by atoms with Crippen LogP contribution in [0.2, 0.25) is 0 Å². The molecule has 0 heterocycles. The molecule has 2 aromatic carbocycles. The Morgan fingerprint density at radius 1 is 1.13 bits per heavy atom. The van der Waals surface area contributed by atoms with Crippen LogP contribution in [0, 0.1) is 0 Å². The van der Waals surface area contributed by atoms with Crippen LogP contribution < -0.4 is 15.2 Å². The molecule has 2 N–H and O–H groups in total. The molecule has 2 rings (SSSR count). The van der Waals surface area contributed by atoms with Gasteiger partial charge in [0.05, 0.1) is 6.61 Å². The number of carbonyl (C=O) groups is 1. The van der Waals surface area contributed by atoms with Crippen molar-refractivity contribution in [1.29, 1.82) is 0 Å². The van der Waals surface area contributed by atoms with Gasteiger partial charge in [0.1, 0.15) is 24.2 Å². The Labute approximate surface area is 136 Å². The lowest BCUT2D eigenvalue weighted by Gasteiger charge is -2.16. The van der Waals surface area contributed by atoms with Crippen molar-refractivity contribution in [2.45, 2.75) is 19.6 Å². The lowest BCUT2D eigenvalue weighted by atomic mass is 10.2. The van der Waals surface area contributed by atoms with Gasteiger partial charge >= 0.3 is 0 Å². The predicted molar refractivity (Wildman–Crippen MR) is 87.7 cm³/mol. The third-order valence-corrected chi connectivity index (χ3v) is 3.15. The Bertz CT molecular complexity index is 643. The van der Waals surface area contributed by atoms with E-state index in [1.54, 1.807) is 25.3 Å². The van der Waals surface area contributed by atoms with Gasteiger partial charge in [-0.25, -0.2) is 0 Å². The zero-order valence-electron chi connectivity index (χ0n) is 13.3. The van der Waals surface area contributed by atoms with Gasteiger partial charge in [-0.1, -0.05) is 30.3 Å². The van der Waals surface area contributed by atoms with Gasteiger partial charge in [0.15, 0.2) is 0 Å². The van der Waals surface area contributed by atoms with E-state index in [9.17, 15) is 4.79 Å². The second kappa shape index (κ2) is 8.19. The summed E-state index contributed by atoms with van der Waals surface area (Å²) in [4.78, 5) is 11.5. The van der Waals surface area contributed by atoms with Crippen molar-refractivity contribution in [2.75, 3.05) is 13.7 Å². The lowest BCUT2D eigenvalue weighted by molar-refractivity contribution is 0.0913. The van der Waals surface area contributed by atoms with Crippen LogP contribution in [-0.4, -0.2) is 25.7 Å². The monoisotopic (exact) mass is 315 g/mol. The summed E-state index contributed by atoms with van der Waals surface area (Å²) in [7, 11) is 1.61. The second-order valence-electron chi connectivity index (χ2n) is 5.22. The van der Waals surface area contributed by atoms with Crippen molar-refractivity contribution < 1.29 is 19.0 Å². The number of primary amides is 1. The Morgan fingerprint density at radius 2 is 1.83 bits per heavy atom. The van der Waals surface area contributed by atoms with E-state index in [0.717, 1.165) is 5.56 Å². The molecule has 0 unspecified atom stereocenters. The molecule has 1 amide bonds. The lowest BCUT2D eigenvalue weighted by Crippen LogP contribution is -2.18. The highest BCUT2D eigenvalue weighted by molar-refractivity contribution is 5.93. The smallest absolute Gasteiger partial charge is 0.248 e. The van der Waals surface area contributed by atoms with Crippen molar-refractivity contribution in [2.24, 2.45) is 5.73 Å². The van der Waals surface area contributed by atoms with E-state index in [-0.39, 0.29) is 6.10 Å². The molecule has 5 nitrogen and oxygen atoms in total. The maximum atomic E-state index is 11.5. The summed E-state index contributed by atoms with van der Waals surface area (Å²) < 4.78 is 16.5. The Morgan fingerprint density at radius 3 is 2.48 bits per heavy atom. The summed E-state index contributed by atoms with van der Waals surface area (Å²) in [5.41, 5.74) is 6.75. The van der Waals surface area contributed by atoms with Gasteiger partial charge < -0.3 is 19.9 Å². The van der Waals surface area contributed by atoms with Crippen molar-refractivity contribution >= 4 is 5.91 Å². The first kappa shape index (κ1) is 16.8. The van der Waals surface area contributed by atoms with E-state index in [4.69, 9.17) is 19.9 Å². The highest BCUT2D eigenvalue weighted by Crippen LogP contribution is 2.24. The van der Waals surface area contributed by atoms with E-state index in [1.165, 1.54) is 0 Å². The fourth-order valence-electron chi connectivity index (χ4n) is 2.11. The number of amides is 1. The quantitative estimate of drug-likeness (QED) is 0.813. The summed E-state index contributed by atoms with van der Waals surface area (Å²) in [5.74, 6) is 0.526. The van der Waals surface area contributed by atoms with Crippen LogP contribution in [0.5, 0.6) is 11.5 Å². The number of hydrogen-bond acceptors (Lipinski definition) is 4. The van der Waals surface area contributed by atoms with Gasteiger partial charge in [0, 0.05) is 18.7 Å². The van der Waals surface area contributed by atoms with Gasteiger partial charge in [0.25, 0.3) is 0 Å². The van der Waals surface area contributed by atoms with Crippen LogP contribution in [0.1, 0.15) is 22.8 Å². The normalized spacial score (nSPS) is 11.7. The maximum absolute atomic E-state index is 11.5. The molecule has 122 valence electrons. The van der Waals surface area contributed by atoms with Gasteiger partial charge in [0.2, 0.25) is 5.91 Å². The molecular formula is C18H21NO4. The second-order valence-corrected chi connectivity index (χ2v) is 5.22. The molecule has 0 bridgehead atoms. The molecule has 23 heavy (non-hydrogen) atoms. The van der Waals surface area contributed by atoms with Gasteiger partial charge in [-0.15, -0.1) is 0 Å². The molecule has 0 saturated carbocycles. The largest absolute Gasteiger partial charge is 0.489 e. The minimum atomic E-state index is -0.528. The fraction of sp³-hybridized carbons (Fsp3) is 0.278. The average molecular weight is 315 g/mol. The number of carbonyl (C=O) groups excluding carboxylic acids is 1. The van der Waals surface area contributed by atoms with Crippen molar-refractivity contribution in [1.82, 2.24) is 0 Å². The summed E-state index contributed by atoms with van der Waals surface area (Å²) in [5, 5.41) is 0. The standard InChI is InChI=1S/C18H21NO4/c1-13(11-21-2)23-17-9-15(18(19)20)8-16(10-17)22-12-14-6-4-3-5-7-14/h3-10,13H,11-12H2,1-2H3,(H2,19,20)/t13-/m0/s1. The molecule has 0 radical (unpaired) electrons. The van der Waals surface area contributed by atoms with E-state index >= 15 is 0 Å². The molecular weight excluding hydrogens is 294 g/mol. The number of nitrogens with two attached hydrogens (primary N) is 1. The van der Waals surface area contributed by atoms with Gasteiger partial charge in [-0.05, 0) is 24.6 Å². The first-order valence-corrected chi connectivity index (χ1v) is 7.35. The van der Waals surface area contributed by atoms with Gasteiger partial charge in [-0.2, -0.15) is 0 Å². The third-order valence-electron chi connectivity index (χ3n) is 3.15. The molecule has 2 aromatic rings. The van der Waals surface area contributed by atoms with Crippen LogP contribution in [0.3, 0.4) is 0 Å². The SMILES string of the molecule is COC[C@H](C)Oc1cc(OCc2ccccc2)cc(C(N)=O)c1. The summed E-state index contributed by atoms with van der Waals surface area (Å²) in [6, 6.07) is 14.7. The van der Waals surface area contributed by atoms with Crippen LogP contribution in [0.15, 0.2) is 48.5 Å². The van der Waals surface area contributed by atoms with E-state index in [0.29, 0.717) is 30.3 Å². The summed E-state index contributed by atoms with van der Waals surface area (Å²) in [6.07, 6.45) is -0.148. The van der Waals surface area contributed by atoms with Crippen molar-refractivity contribution in [3.05, 3.63) is 59.7 Å². The van der Waals surface area contributed by atoms with E-state index < -0.39 is 5.91 Å². The first-order chi connectivity index (χ1) is 11.1. The molecule has 0 spiro atoms.